The van der Waals surface area contributed by atoms with Crippen molar-refractivity contribution in [2.24, 2.45) is 0 Å². The van der Waals surface area contributed by atoms with Gasteiger partial charge in [-0.05, 0) is 43.1 Å². The van der Waals surface area contributed by atoms with Crippen molar-refractivity contribution in [3.8, 4) is 0 Å². The summed E-state index contributed by atoms with van der Waals surface area (Å²) in [5.41, 5.74) is 0. The molecule has 0 radical (unpaired) electrons. The summed E-state index contributed by atoms with van der Waals surface area (Å²) in [7, 11) is -2.76. The Morgan fingerprint density at radius 1 is 0.875 bits per heavy atom. The summed E-state index contributed by atoms with van der Waals surface area (Å²) in [6, 6.07) is 21.0. The summed E-state index contributed by atoms with van der Waals surface area (Å²) < 4.78 is 25.5. The third-order valence-corrected chi connectivity index (χ3v) is 11.7. The number of hydrogen-bond acceptors (Lipinski definition) is 5. The smallest absolute Gasteiger partial charge is 0.261 e. The molecule has 174 valence electrons. The van der Waals surface area contributed by atoms with Gasteiger partial charge in [0.2, 0.25) is 0 Å². The second-order valence-electron chi connectivity index (χ2n) is 10.6. The summed E-state index contributed by atoms with van der Waals surface area (Å²) in [5.74, 6) is -2.22. The van der Waals surface area contributed by atoms with E-state index in [9.17, 15) is 5.11 Å². The Labute approximate surface area is 192 Å². The Morgan fingerprint density at radius 3 is 1.84 bits per heavy atom. The maximum Gasteiger partial charge on any atom is 0.261 e. The fraction of sp³-hybridized carbons (Fsp3) is 0.538. The highest BCUT2D eigenvalue weighted by molar-refractivity contribution is 6.99. The standard InChI is InChI=1S/C26H36O5Si/c1-18(21-22-23(26(7,27)29-21)30-25(5,6)28-22)31-32(24(2,3)4,19-14-10-8-11-15-19)20-16-12-9-13-17-20/h8-18,21-23,27H,1-7H3/t18-,21-,22-,23-,26-/m1/s1. The molecule has 4 rings (SSSR count). The van der Waals surface area contributed by atoms with E-state index in [0.717, 1.165) is 0 Å². The first-order chi connectivity index (χ1) is 14.9. The van der Waals surface area contributed by atoms with Crippen LogP contribution in [-0.2, 0) is 18.6 Å². The van der Waals surface area contributed by atoms with Crippen molar-refractivity contribution in [3.05, 3.63) is 60.7 Å². The number of ether oxygens (including phenoxy) is 3. The molecule has 2 heterocycles. The normalized spacial score (nSPS) is 30.8. The summed E-state index contributed by atoms with van der Waals surface area (Å²) >= 11 is 0. The lowest BCUT2D eigenvalue weighted by Gasteiger charge is -2.45. The molecule has 6 heteroatoms. The molecule has 2 aromatic rings. The van der Waals surface area contributed by atoms with Crippen molar-refractivity contribution < 1.29 is 23.7 Å². The first kappa shape index (κ1) is 23.6. The molecule has 2 aliphatic rings. The summed E-state index contributed by atoms with van der Waals surface area (Å²) in [6.45, 7) is 14.1. The molecule has 5 atom stereocenters. The van der Waals surface area contributed by atoms with E-state index in [4.69, 9.17) is 18.6 Å². The van der Waals surface area contributed by atoms with Gasteiger partial charge in [-0.15, -0.1) is 0 Å². The highest BCUT2D eigenvalue weighted by atomic mass is 28.4. The van der Waals surface area contributed by atoms with Crippen molar-refractivity contribution in [2.45, 2.75) is 89.5 Å². The van der Waals surface area contributed by atoms with Crippen LogP contribution in [0.1, 0.15) is 48.5 Å². The average molecular weight is 457 g/mol. The van der Waals surface area contributed by atoms with Gasteiger partial charge in [-0.2, -0.15) is 0 Å². The predicted octanol–water partition coefficient (Wildman–Crippen LogP) is 3.58. The maximum atomic E-state index is 10.9. The minimum absolute atomic E-state index is 0.156. The molecule has 0 bridgehead atoms. The van der Waals surface area contributed by atoms with Gasteiger partial charge >= 0.3 is 0 Å². The Bertz CT molecular complexity index is 883. The number of rotatable bonds is 5. The van der Waals surface area contributed by atoms with Crippen molar-refractivity contribution in [2.75, 3.05) is 0 Å². The number of fused-ring (bicyclic) bond motifs is 1. The molecule has 1 N–H and O–H groups in total. The van der Waals surface area contributed by atoms with Gasteiger partial charge in [0, 0.05) is 0 Å². The second kappa shape index (κ2) is 8.04. The summed E-state index contributed by atoms with van der Waals surface area (Å²) in [5, 5.41) is 13.2. The molecule has 0 aromatic heterocycles. The molecule has 0 amide bonds. The minimum Gasteiger partial charge on any atom is -0.402 e. The van der Waals surface area contributed by atoms with Crippen LogP contribution >= 0.6 is 0 Å². The van der Waals surface area contributed by atoms with E-state index < -0.39 is 38.2 Å². The van der Waals surface area contributed by atoms with Crippen LogP contribution in [0.2, 0.25) is 5.04 Å². The van der Waals surface area contributed by atoms with Gasteiger partial charge in [-0.3, -0.25) is 0 Å². The minimum atomic E-state index is -2.76. The zero-order chi connectivity index (χ0) is 23.4. The van der Waals surface area contributed by atoms with Crippen molar-refractivity contribution >= 4 is 18.7 Å². The van der Waals surface area contributed by atoms with E-state index >= 15 is 0 Å². The molecular weight excluding hydrogens is 420 g/mol. The van der Waals surface area contributed by atoms with Crippen LogP contribution in [0.4, 0.5) is 0 Å². The molecule has 2 aromatic carbocycles. The Kier molecular flexibility index (Phi) is 5.93. The predicted molar refractivity (Wildman–Crippen MR) is 127 cm³/mol. The number of benzene rings is 2. The number of hydrogen-bond donors (Lipinski definition) is 1. The largest absolute Gasteiger partial charge is 0.402 e. The topological polar surface area (TPSA) is 57.2 Å². The molecular formula is C26H36O5Si. The maximum absolute atomic E-state index is 10.9. The van der Waals surface area contributed by atoms with Gasteiger partial charge in [0.05, 0.1) is 6.10 Å². The van der Waals surface area contributed by atoms with Crippen LogP contribution in [0.5, 0.6) is 0 Å². The number of aliphatic hydroxyl groups is 1. The summed E-state index contributed by atoms with van der Waals surface area (Å²) in [4.78, 5) is 0. The Balaban J connectivity index is 1.77. The molecule has 2 aliphatic heterocycles. The molecule has 0 unspecified atom stereocenters. The summed E-state index contributed by atoms with van der Waals surface area (Å²) in [6.07, 6.45) is -1.76. The van der Waals surface area contributed by atoms with Crippen LogP contribution in [0.3, 0.4) is 0 Å². The average Bonchev–Trinajstić information content (AvgIpc) is 3.17. The molecule has 0 spiro atoms. The van der Waals surface area contributed by atoms with Crippen LogP contribution in [0.15, 0.2) is 60.7 Å². The third-order valence-electron chi connectivity index (χ3n) is 6.60. The lowest BCUT2D eigenvalue weighted by Crippen LogP contribution is -2.68. The molecule has 2 fully saturated rings. The lowest BCUT2D eigenvalue weighted by atomic mass is 10.0. The Morgan fingerprint density at radius 2 is 1.38 bits per heavy atom. The highest BCUT2D eigenvalue weighted by Gasteiger charge is 2.63. The quantitative estimate of drug-likeness (QED) is 0.697. The van der Waals surface area contributed by atoms with Crippen molar-refractivity contribution in [1.29, 1.82) is 0 Å². The van der Waals surface area contributed by atoms with Crippen LogP contribution in [-0.4, -0.2) is 49.4 Å². The first-order valence-electron chi connectivity index (χ1n) is 11.4. The second-order valence-corrected chi connectivity index (χ2v) is 14.9. The van der Waals surface area contributed by atoms with E-state index in [-0.39, 0.29) is 11.1 Å². The van der Waals surface area contributed by atoms with E-state index in [1.807, 2.05) is 32.9 Å². The Hall–Kier alpha value is -1.54. The van der Waals surface area contributed by atoms with Crippen LogP contribution in [0, 0.1) is 0 Å². The van der Waals surface area contributed by atoms with Crippen molar-refractivity contribution in [1.82, 2.24) is 0 Å². The van der Waals surface area contributed by atoms with Crippen LogP contribution < -0.4 is 10.4 Å². The molecule has 2 saturated heterocycles. The van der Waals surface area contributed by atoms with E-state index in [1.54, 1.807) is 6.92 Å². The van der Waals surface area contributed by atoms with E-state index in [0.29, 0.717) is 0 Å². The van der Waals surface area contributed by atoms with Gasteiger partial charge in [0.25, 0.3) is 8.32 Å². The molecule has 32 heavy (non-hydrogen) atoms. The first-order valence-corrected chi connectivity index (χ1v) is 13.3. The molecule has 0 aliphatic carbocycles. The fourth-order valence-corrected chi connectivity index (χ4v) is 9.96. The van der Waals surface area contributed by atoms with Crippen molar-refractivity contribution in [3.63, 3.8) is 0 Å². The highest BCUT2D eigenvalue weighted by Crippen LogP contribution is 2.45. The van der Waals surface area contributed by atoms with Gasteiger partial charge in [-0.25, -0.2) is 0 Å². The van der Waals surface area contributed by atoms with Gasteiger partial charge in [-0.1, -0.05) is 81.4 Å². The van der Waals surface area contributed by atoms with Crippen LogP contribution in [0.25, 0.3) is 0 Å². The van der Waals surface area contributed by atoms with Gasteiger partial charge in [0.15, 0.2) is 11.6 Å². The van der Waals surface area contributed by atoms with Gasteiger partial charge in [0.1, 0.15) is 18.3 Å². The van der Waals surface area contributed by atoms with E-state index in [2.05, 4.69) is 69.3 Å². The zero-order valence-electron chi connectivity index (χ0n) is 20.2. The van der Waals surface area contributed by atoms with E-state index in [1.165, 1.54) is 10.4 Å². The SMILES string of the molecule is C[C@@H](O[Si](c1ccccc1)(c1ccccc1)C(C)(C)C)[C@H]1O[C@@](C)(O)[C@@H]2OC(C)(C)O[C@H]12. The molecule has 5 nitrogen and oxygen atoms in total. The molecule has 0 saturated carbocycles. The third kappa shape index (κ3) is 3.98. The fourth-order valence-electron chi connectivity index (χ4n) is 5.25. The zero-order valence-corrected chi connectivity index (χ0v) is 21.2. The monoisotopic (exact) mass is 456 g/mol. The van der Waals surface area contributed by atoms with Gasteiger partial charge < -0.3 is 23.7 Å². The lowest BCUT2D eigenvalue weighted by molar-refractivity contribution is -0.272.